The number of carbonyl (C=O) groups is 1. The Morgan fingerprint density at radius 1 is 0.939 bits per heavy atom. The smallest absolute Gasteiger partial charge is 0.422 e. The Morgan fingerprint density at radius 3 is 2.14 bits per heavy atom. The molecule has 0 aliphatic heterocycles. The SMILES string of the molecule is CN(c1c2cccnc2c(OC(c2ccccc2)c2ccccc2)c2c(O)n(Cc3ccc(F)cc3)cc12)S(=O)(=O)NC(=O)OC(C)(C)C. The van der Waals surface area contributed by atoms with E-state index in [0.717, 1.165) is 15.4 Å². The van der Waals surface area contributed by atoms with Crippen LogP contribution in [0.1, 0.15) is 43.6 Å². The number of nitrogens with zero attached hydrogens (tertiary/aromatic N) is 3. The maximum absolute atomic E-state index is 13.7. The third-order valence-corrected chi connectivity index (χ3v) is 9.13. The van der Waals surface area contributed by atoms with Crippen molar-refractivity contribution in [2.24, 2.45) is 0 Å². The summed E-state index contributed by atoms with van der Waals surface area (Å²) in [5.74, 6) is -0.416. The molecule has 2 heterocycles. The van der Waals surface area contributed by atoms with Gasteiger partial charge in [-0.3, -0.25) is 9.29 Å². The number of pyridine rings is 1. The Balaban J connectivity index is 1.59. The summed E-state index contributed by atoms with van der Waals surface area (Å²) in [6.07, 6.45) is 1.35. The number of carbonyl (C=O) groups excluding carboxylic acids is 1. The molecule has 0 bridgehead atoms. The summed E-state index contributed by atoms with van der Waals surface area (Å²) in [7, 11) is -3.26. The molecule has 252 valence electrons. The van der Waals surface area contributed by atoms with Gasteiger partial charge < -0.3 is 19.1 Å². The second-order valence-corrected chi connectivity index (χ2v) is 14.2. The number of halogens is 1. The van der Waals surface area contributed by atoms with Gasteiger partial charge in [-0.15, -0.1) is 0 Å². The number of aromatic nitrogens is 2. The van der Waals surface area contributed by atoms with Gasteiger partial charge in [0.2, 0.25) is 5.88 Å². The van der Waals surface area contributed by atoms with Gasteiger partial charge in [0.1, 0.15) is 23.0 Å². The van der Waals surface area contributed by atoms with E-state index in [4.69, 9.17) is 9.47 Å². The van der Waals surface area contributed by atoms with Crippen molar-refractivity contribution in [1.29, 1.82) is 0 Å². The molecule has 4 aromatic carbocycles. The number of anilines is 1. The molecule has 1 amide bonds. The number of aromatic hydroxyl groups is 1. The van der Waals surface area contributed by atoms with Crippen molar-refractivity contribution in [2.75, 3.05) is 11.4 Å². The third kappa shape index (κ3) is 7.00. The molecule has 0 saturated carbocycles. The minimum Gasteiger partial charge on any atom is -0.494 e. The van der Waals surface area contributed by atoms with Crippen LogP contribution in [0.3, 0.4) is 0 Å². The molecular weight excluding hydrogens is 647 g/mol. The van der Waals surface area contributed by atoms with Crippen molar-refractivity contribution in [1.82, 2.24) is 14.3 Å². The average Bonchev–Trinajstić information content (AvgIpc) is 3.38. The summed E-state index contributed by atoms with van der Waals surface area (Å²) in [5.41, 5.74) is 1.81. The number of amides is 1. The molecule has 2 N–H and O–H groups in total. The van der Waals surface area contributed by atoms with Crippen LogP contribution in [-0.2, 0) is 21.5 Å². The molecule has 0 spiro atoms. The summed E-state index contributed by atoms with van der Waals surface area (Å²) in [6, 6.07) is 28.3. The molecule has 12 heteroatoms. The predicted molar refractivity (Wildman–Crippen MR) is 186 cm³/mol. The van der Waals surface area contributed by atoms with Crippen LogP contribution < -0.4 is 13.8 Å². The van der Waals surface area contributed by atoms with E-state index >= 15 is 0 Å². The van der Waals surface area contributed by atoms with Gasteiger partial charge in [0.05, 0.1) is 17.6 Å². The van der Waals surface area contributed by atoms with Gasteiger partial charge in [-0.1, -0.05) is 72.8 Å². The minimum absolute atomic E-state index is 0.122. The molecule has 2 aromatic heterocycles. The van der Waals surface area contributed by atoms with Crippen molar-refractivity contribution >= 4 is 43.7 Å². The van der Waals surface area contributed by atoms with Crippen molar-refractivity contribution in [3.8, 4) is 11.6 Å². The average molecular weight is 683 g/mol. The standard InChI is InChI=1S/C37H35FN4O6S/c1-37(2,3)48-36(44)40-49(45,46)41(4)32-28-16-11-21-39-31(28)34(47-33(25-12-7-5-8-13-25)26-14-9-6-10-15-26)30-29(32)23-42(35(30)43)22-24-17-19-27(38)20-18-24/h5-21,23,33,43H,22H2,1-4H3,(H,40,44). The summed E-state index contributed by atoms with van der Waals surface area (Å²) in [6.45, 7) is 4.98. The lowest BCUT2D eigenvalue weighted by Crippen LogP contribution is -2.44. The zero-order chi connectivity index (χ0) is 34.9. The lowest BCUT2D eigenvalue weighted by molar-refractivity contribution is 0.0570. The van der Waals surface area contributed by atoms with Crippen LogP contribution in [0.4, 0.5) is 14.9 Å². The van der Waals surface area contributed by atoms with E-state index in [9.17, 15) is 22.7 Å². The zero-order valence-electron chi connectivity index (χ0n) is 27.3. The van der Waals surface area contributed by atoms with E-state index in [1.165, 1.54) is 23.7 Å². The first-order valence-corrected chi connectivity index (χ1v) is 16.9. The van der Waals surface area contributed by atoms with Gasteiger partial charge >= 0.3 is 16.3 Å². The number of hydrogen-bond donors (Lipinski definition) is 2. The van der Waals surface area contributed by atoms with Crippen molar-refractivity contribution in [2.45, 2.75) is 39.0 Å². The van der Waals surface area contributed by atoms with Crippen LogP contribution in [0.15, 0.2) is 109 Å². The molecule has 49 heavy (non-hydrogen) atoms. The van der Waals surface area contributed by atoms with Crippen LogP contribution in [-0.4, -0.2) is 41.8 Å². The molecule has 10 nitrogen and oxygen atoms in total. The monoisotopic (exact) mass is 682 g/mol. The summed E-state index contributed by atoms with van der Waals surface area (Å²) in [4.78, 5) is 17.3. The lowest BCUT2D eigenvalue weighted by atomic mass is 10.0. The highest BCUT2D eigenvalue weighted by Crippen LogP contribution is 2.48. The maximum Gasteiger partial charge on any atom is 0.422 e. The van der Waals surface area contributed by atoms with Crippen molar-refractivity contribution < 1.29 is 32.2 Å². The van der Waals surface area contributed by atoms with E-state index < -0.39 is 33.8 Å². The van der Waals surface area contributed by atoms with E-state index in [2.05, 4.69) is 4.98 Å². The van der Waals surface area contributed by atoms with Gasteiger partial charge in [-0.2, -0.15) is 8.42 Å². The highest BCUT2D eigenvalue weighted by Gasteiger charge is 2.32. The number of fused-ring (bicyclic) bond motifs is 2. The normalized spacial score (nSPS) is 12.0. The van der Waals surface area contributed by atoms with Crippen LogP contribution in [0.2, 0.25) is 0 Å². The van der Waals surface area contributed by atoms with Gasteiger partial charge in [0, 0.05) is 30.2 Å². The molecule has 0 atom stereocenters. The molecule has 6 rings (SSSR count). The largest absolute Gasteiger partial charge is 0.494 e. The van der Waals surface area contributed by atoms with Crippen LogP contribution >= 0.6 is 0 Å². The lowest BCUT2D eigenvalue weighted by Gasteiger charge is -2.26. The molecule has 0 unspecified atom stereocenters. The quantitative estimate of drug-likeness (QED) is 0.162. The number of ether oxygens (including phenoxy) is 2. The summed E-state index contributed by atoms with van der Waals surface area (Å²) < 4.78 is 57.7. The second kappa shape index (κ2) is 13.1. The Labute approximate surface area is 283 Å². The Morgan fingerprint density at radius 2 is 1.55 bits per heavy atom. The van der Waals surface area contributed by atoms with E-state index in [1.54, 1.807) is 57.4 Å². The summed E-state index contributed by atoms with van der Waals surface area (Å²) >= 11 is 0. The molecule has 6 aromatic rings. The van der Waals surface area contributed by atoms with Gasteiger partial charge in [-0.25, -0.2) is 13.9 Å². The zero-order valence-corrected chi connectivity index (χ0v) is 28.1. The fraction of sp³-hybridized carbons (Fsp3) is 0.189. The molecule has 0 aliphatic carbocycles. The predicted octanol–water partition coefficient (Wildman–Crippen LogP) is 7.46. The van der Waals surface area contributed by atoms with Crippen molar-refractivity contribution in [3.05, 3.63) is 132 Å². The van der Waals surface area contributed by atoms with Crippen LogP contribution in [0, 0.1) is 5.82 Å². The first-order chi connectivity index (χ1) is 23.3. The number of hydrogen-bond acceptors (Lipinski definition) is 7. The fourth-order valence-electron chi connectivity index (χ4n) is 5.65. The van der Waals surface area contributed by atoms with E-state index in [-0.39, 0.29) is 34.8 Å². The van der Waals surface area contributed by atoms with Gasteiger partial charge in [0.15, 0.2) is 5.75 Å². The molecular formula is C37H35FN4O6S. The van der Waals surface area contributed by atoms with Crippen molar-refractivity contribution in [3.63, 3.8) is 0 Å². The van der Waals surface area contributed by atoms with Crippen LogP contribution in [0.5, 0.6) is 11.6 Å². The first kappa shape index (κ1) is 33.3. The Hall–Kier alpha value is -5.62. The summed E-state index contributed by atoms with van der Waals surface area (Å²) in [5, 5.41) is 12.8. The van der Waals surface area contributed by atoms with Gasteiger partial charge in [0.25, 0.3) is 0 Å². The molecule has 0 saturated heterocycles. The van der Waals surface area contributed by atoms with E-state index in [1.807, 2.05) is 65.4 Å². The van der Waals surface area contributed by atoms with E-state index in [0.29, 0.717) is 16.3 Å². The fourth-order valence-corrected chi connectivity index (χ4v) is 6.47. The number of nitrogens with one attached hydrogen (secondary N) is 1. The third-order valence-electron chi connectivity index (χ3n) is 7.80. The molecule has 0 aliphatic rings. The topological polar surface area (TPSA) is 123 Å². The first-order valence-electron chi connectivity index (χ1n) is 15.5. The Bertz CT molecular complexity index is 2200. The Kier molecular flexibility index (Phi) is 8.91. The highest BCUT2D eigenvalue weighted by atomic mass is 32.2. The minimum atomic E-state index is -4.55. The maximum atomic E-state index is 13.7. The molecule has 0 fully saturated rings. The second-order valence-electron chi connectivity index (χ2n) is 12.5. The van der Waals surface area contributed by atoms with Gasteiger partial charge in [-0.05, 0) is 61.7 Å². The number of rotatable bonds is 9. The van der Waals surface area contributed by atoms with Crippen LogP contribution in [0.25, 0.3) is 21.7 Å². The highest BCUT2D eigenvalue weighted by molar-refractivity contribution is 7.91. The molecule has 0 radical (unpaired) electrons. The number of benzene rings is 4.